The van der Waals surface area contributed by atoms with Crippen molar-refractivity contribution in [2.45, 2.75) is 139 Å². The number of carbonyl (C=O) groups excluding carboxylic acids is 6. The van der Waals surface area contributed by atoms with Crippen LogP contribution in [0.25, 0.3) is 0 Å². The van der Waals surface area contributed by atoms with Crippen molar-refractivity contribution in [3.05, 3.63) is 115 Å². The number of fused-ring (bicyclic) bond motifs is 6. The molecular formula is C52H56Cl2N2O18. The van der Waals surface area contributed by atoms with E-state index in [4.69, 9.17) is 30.4 Å². The molecule has 2 fully saturated rings. The number of benzene rings is 4. The number of halogens is 2. The van der Waals surface area contributed by atoms with Crippen molar-refractivity contribution < 1.29 is 88.6 Å². The fourth-order valence-electron chi connectivity index (χ4n) is 10.8. The number of phenolic OH excluding ortho intramolecular Hbond substituents is 4. The van der Waals surface area contributed by atoms with Gasteiger partial charge in [-0.2, -0.15) is 0 Å². The lowest BCUT2D eigenvalue weighted by Gasteiger charge is -2.42. The Kier molecular flexibility index (Phi) is 15.5. The summed E-state index contributed by atoms with van der Waals surface area (Å²) in [6.07, 6.45) is -8.75. The first-order valence-electron chi connectivity index (χ1n) is 23.4. The molecule has 4 aromatic rings. The van der Waals surface area contributed by atoms with Gasteiger partial charge in [-0.15, -0.1) is 24.8 Å². The zero-order valence-corrected chi connectivity index (χ0v) is 41.9. The second kappa shape index (κ2) is 20.4. The molecule has 10 rings (SSSR count). The van der Waals surface area contributed by atoms with Gasteiger partial charge in [-0.3, -0.25) is 28.8 Å². The topological polar surface area (TPSA) is 353 Å². The number of phenols is 4. The monoisotopic (exact) mass is 1070 g/mol. The van der Waals surface area contributed by atoms with E-state index in [9.17, 15) is 69.6 Å². The average Bonchev–Trinajstić information content (AvgIpc) is 3.33. The second-order valence-electron chi connectivity index (χ2n) is 19.6. The Morgan fingerprint density at radius 2 is 0.838 bits per heavy atom. The van der Waals surface area contributed by atoms with E-state index in [0.29, 0.717) is 0 Å². The smallest absolute Gasteiger partial charge is 0.198 e. The molecule has 0 amide bonds. The summed E-state index contributed by atoms with van der Waals surface area (Å²) in [5.41, 5.74) is 6.76. The third-order valence-electron chi connectivity index (χ3n) is 15.0. The molecule has 396 valence electrons. The number of aliphatic hydroxyl groups is 4. The Labute approximate surface area is 435 Å². The van der Waals surface area contributed by atoms with Crippen molar-refractivity contribution in [3.8, 4) is 23.0 Å². The number of carbonyl (C=O) groups is 6. The minimum atomic E-state index is -1.97. The molecule has 12 atom stereocenters. The number of aromatic hydroxyl groups is 4. The van der Waals surface area contributed by atoms with Crippen molar-refractivity contribution >= 4 is 59.5 Å². The molecule has 0 spiro atoms. The Morgan fingerprint density at radius 1 is 0.554 bits per heavy atom. The maximum atomic E-state index is 13.3. The molecule has 0 saturated carbocycles. The standard InChI is InChI=1S/2C26H27NO9.2ClH/c2*1-10-21(29)15(27)7-17(35-10)36-16-9-26(34,11(2)28)8-14-18(16)25(33)20-19(24(14)32)22(30)12-5-3-4-6-13(12)23(20)31;;/h2*3-6,10,15-17,21,29,32-34H,7-9,27H2,1-2H3;2*1H/t2*10-,15-,16-,17-,21+,26-;;/m00../s1. The first-order valence-corrected chi connectivity index (χ1v) is 23.4. The second-order valence-corrected chi connectivity index (χ2v) is 19.6. The van der Waals surface area contributed by atoms with Crippen LogP contribution < -0.4 is 11.5 Å². The molecule has 0 unspecified atom stereocenters. The highest BCUT2D eigenvalue weighted by atomic mass is 35.5. The maximum Gasteiger partial charge on any atom is 0.198 e. The lowest BCUT2D eigenvalue weighted by molar-refractivity contribution is -0.247. The summed E-state index contributed by atoms with van der Waals surface area (Å²) in [6.45, 7) is 5.60. The normalized spacial score (nSPS) is 30.6. The Hall–Kier alpha value is -5.72. The Bertz CT molecular complexity index is 2800. The van der Waals surface area contributed by atoms with Crippen LogP contribution in [0.15, 0.2) is 48.5 Å². The number of Topliss-reactive ketones (excluding diaryl/α,β-unsaturated/α-hetero) is 2. The molecule has 12 N–H and O–H groups in total. The van der Waals surface area contributed by atoms with Gasteiger partial charge in [0.2, 0.25) is 0 Å². The zero-order chi connectivity index (χ0) is 52.2. The van der Waals surface area contributed by atoms with Gasteiger partial charge in [-0.25, -0.2) is 0 Å². The van der Waals surface area contributed by atoms with Crippen molar-refractivity contribution in [1.82, 2.24) is 0 Å². The van der Waals surface area contributed by atoms with Gasteiger partial charge in [-0.05, 0) is 27.7 Å². The van der Waals surface area contributed by atoms with Crippen molar-refractivity contribution in [3.63, 3.8) is 0 Å². The number of rotatable bonds is 6. The van der Waals surface area contributed by atoms with Crippen LogP contribution in [0.1, 0.15) is 152 Å². The van der Waals surface area contributed by atoms with Crippen LogP contribution in [-0.2, 0) is 41.4 Å². The molecule has 2 heterocycles. The predicted octanol–water partition coefficient (Wildman–Crippen LogP) is 2.88. The highest BCUT2D eigenvalue weighted by Gasteiger charge is 2.51. The summed E-state index contributed by atoms with van der Waals surface area (Å²) in [7, 11) is 0. The van der Waals surface area contributed by atoms with E-state index < -0.39 is 143 Å². The molecule has 4 aromatic carbocycles. The van der Waals surface area contributed by atoms with Crippen molar-refractivity contribution in [1.29, 1.82) is 0 Å². The predicted molar refractivity (Wildman–Crippen MR) is 262 cm³/mol. The van der Waals surface area contributed by atoms with Crippen molar-refractivity contribution in [2.24, 2.45) is 11.5 Å². The Balaban J connectivity index is 0.000000211. The fraction of sp³-hybridized carbons (Fsp3) is 0.423. The van der Waals surface area contributed by atoms with Crippen LogP contribution >= 0.6 is 24.8 Å². The van der Waals surface area contributed by atoms with Crippen LogP contribution in [0.4, 0.5) is 0 Å². The van der Waals surface area contributed by atoms with Crippen LogP contribution in [0.2, 0.25) is 0 Å². The first kappa shape index (κ1) is 56.0. The van der Waals surface area contributed by atoms with E-state index in [1.54, 1.807) is 38.1 Å². The summed E-state index contributed by atoms with van der Waals surface area (Å²) in [5, 5.41) is 87.6. The lowest BCUT2D eigenvalue weighted by atomic mass is 9.72. The van der Waals surface area contributed by atoms with Gasteiger partial charge in [-0.1, -0.05) is 48.5 Å². The molecule has 22 heteroatoms. The first-order chi connectivity index (χ1) is 33.9. The highest BCUT2D eigenvalue weighted by Crippen LogP contribution is 2.54. The number of ether oxygens (including phenoxy) is 4. The number of nitrogens with two attached hydrogens (primary N) is 2. The van der Waals surface area contributed by atoms with Crippen LogP contribution in [0.3, 0.4) is 0 Å². The summed E-state index contributed by atoms with van der Waals surface area (Å²) in [6, 6.07) is 10.8. The maximum absolute atomic E-state index is 13.3. The van der Waals surface area contributed by atoms with Gasteiger partial charge in [0.25, 0.3) is 0 Å². The largest absolute Gasteiger partial charge is 0.507 e. The van der Waals surface area contributed by atoms with Crippen LogP contribution in [0.5, 0.6) is 23.0 Å². The number of hydrogen-bond acceptors (Lipinski definition) is 20. The third-order valence-corrected chi connectivity index (χ3v) is 15.0. The van der Waals surface area contributed by atoms with Gasteiger partial charge in [0.1, 0.15) is 34.2 Å². The zero-order valence-electron chi connectivity index (χ0n) is 40.3. The minimum absolute atomic E-state index is 0. The number of hydrogen-bond donors (Lipinski definition) is 10. The van der Waals surface area contributed by atoms with Gasteiger partial charge < -0.3 is 71.3 Å². The fourth-order valence-corrected chi connectivity index (χ4v) is 10.8. The van der Waals surface area contributed by atoms with Crippen LogP contribution in [-0.4, -0.2) is 136 Å². The molecular weight excluding hydrogens is 1010 g/mol. The van der Waals surface area contributed by atoms with E-state index >= 15 is 0 Å². The summed E-state index contributed by atoms with van der Waals surface area (Å²) in [4.78, 5) is 78.0. The molecule has 20 nitrogen and oxygen atoms in total. The summed E-state index contributed by atoms with van der Waals surface area (Å²) in [5.74, 6) is -6.11. The van der Waals surface area contributed by atoms with Gasteiger partial charge >= 0.3 is 0 Å². The molecule has 4 aliphatic carbocycles. The molecule has 0 bridgehead atoms. The SMILES string of the molecule is CC(=O)[C@]1(O)Cc2c(O)c3c(c(O)c2[C@@H](O[C@H]2C[C@H](N)[C@H](O)[C@H](C)O2)C1)C(=O)c1ccccc1C3=O.CC(=O)[C@]1(O)Cc2c(O)c3c(c(O)c2[C@@H](O[C@H]2C[C@H](N)[C@H](O)[C@H](C)O2)C1)C(=O)c1ccccc1C3=O.Cl.Cl. The van der Waals surface area contributed by atoms with E-state index in [0.717, 1.165) is 0 Å². The molecule has 6 aliphatic rings. The average molecular weight is 1070 g/mol. The molecule has 2 aliphatic heterocycles. The van der Waals surface area contributed by atoms with Crippen LogP contribution in [0, 0.1) is 0 Å². The van der Waals surface area contributed by atoms with E-state index in [1.165, 1.54) is 38.1 Å². The van der Waals surface area contributed by atoms with Gasteiger partial charge in [0.05, 0.1) is 58.9 Å². The summed E-state index contributed by atoms with van der Waals surface area (Å²) >= 11 is 0. The van der Waals surface area contributed by atoms with Crippen molar-refractivity contribution in [2.75, 3.05) is 0 Å². The van der Waals surface area contributed by atoms with Gasteiger partial charge in [0, 0.05) is 95.1 Å². The third kappa shape index (κ3) is 9.09. The van der Waals surface area contributed by atoms with E-state index in [-0.39, 0.29) is 117 Å². The molecule has 0 aromatic heterocycles. The quantitative estimate of drug-likeness (QED) is 0.107. The molecule has 74 heavy (non-hydrogen) atoms. The minimum Gasteiger partial charge on any atom is -0.507 e. The van der Waals surface area contributed by atoms with E-state index in [1.807, 2.05) is 0 Å². The molecule has 2 saturated heterocycles. The lowest BCUT2D eigenvalue weighted by Crippen LogP contribution is -2.52. The molecule has 0 radical (unpaired) electrons. The Morgan fingerprint density at radius 3 is 1.11 bits per heavy atom. The summed E-state index contributed by atoms with van der Waals surface area (Å²) < 4.78 is 23.5. The number of ketones is 6. The number of aliphatic hydroxyl groups excluding tert-OH is 2. The van der Waals surface area contributed by atoms with E-state index in [2.05, 4.69) is 0 Å². The highest BCUT2D eigenvalue weighted by molar-refractivity contribution is 6.31. The van der Waals surface area contributed by atoms with Gasteiger partial charge in [0.15, 0.2) is 47.3 Å².